The lowest BCUT2D eigenvalue weighted by Gasteiger charge is -2.13. The molecule has 0 radical (unpaired) electrons. The molecule has 1 unspecified atom stereocenters. The zero-order valence-electron chi connectivity index (χ0n) is 8.25. The zero-order chi connectivity index (χ0) is 9.68. The van der Waals surface area contributed by atoms with E-state index in [4.69, 9.17) is 5.73 Å². The van der Waals surface area contributed by atoms with Crippen molar-refractivity contribution in [2.45, 2.75) is 13.3 Å². The van der Waals surface area contributed by atoms with Gasteiger partial charge in [-0.25, -0.2) is 0 Å². The van der Waals surface area contributed by atoms with Gasteiger partial charge in [0, 0.05) is 6.54 Å². The van der Waals surface area contributed by atoms with Crippen LogP contribution in [0, 0.1) is 5.92 Å². The molecule has 0 spiro atoms. The van der Waals surface area contributed by atoms with Crippen LogP contribution in [0.15, 0.2) is 0 Å². The molecule has 4 heteroatoms. The lowest BCUT2D eigenvalue weighted by Crippen LogP contribution is -2.33. The summed E-state index contributed by atoms with van der Waals surface area (Å²) >= 11 is 0. The van der Waals surface area contributed by atoms with Crippen LogP contribution in [-0.4, -0.2) is 43.5 Å². The fraction of sp³-hybridized carbons (Fsp3) is 0.889. The molecule has 1 heterocycles. The fourth-order valence-electron chi connectivity index (χ4n) is 1.77. The second-order valence-electron chi connectivity index (χ2n) is 3.65. The highest BCUT2D eigenvalue weighted by Crippen LogP contribution is 2.14. The number of primary amides is 1. The van der Waals surface area contributed by atoms with Crippen LogP contribution in [0.4, 0.5) is 0 Å². The third-order valence-corrected chi connectivity index (χ3v) is 2.55. The van der Waals surface area contributed by atoms with Gasteiger partial charge in [0.15, 0.2) is 0 Å². The molecule has 76 valence electrons. The maximum atomic E-state index is 10.4. The number of carbonyl (C=O) groups excluding carboxylic acids is 1. The maximum absolute atomic E-state index is 10.4. The second kappa shape index (κ2) is 5.19. The molecule has 0 aromatic rings. The van der Waals surface area contributed by atoms with Gasteiger partial charge in [0.2, 0.25) is 5.91 Å². The Morgan fingerprint density at radius 3 is 3.00 bits per heavy atom. The minimum absolute atomic E-state index is 0.273. The van der Waals surface area contributed by atoms with Crippen molar-refractivity contribution in [1.29, 1.82) is 0 Å². The molecule has 0 aromatic heterocycles. The van der Waals surface area contributed by atoms with Gasteiger partial charge >= 0.3 is 0 Å². The number of amides is 1. The van der Waals surface area contributed by atoms with Crippen molar-refractivity contribution in [2.24, 2.45) is 11.7 Å². The number of nitrogens with one attached hydrogen (secondary N) is 1. The monoisotopic (exact) mass is 185 g/mol. The number of carbonyl (C=O) groups is 1. The van der Waals surface area contributed by atoms with E-state index in [-0.39, 0.29) is 5.91 Å². The molecule has 0 bridgehead atoms. The number of nitrogens with zero attached hydrogens (tertiary/aromatic N) is 1. The van der Waals surface area contributed by atoms with E-state index < -0.39 is 0 Å². The predicted molar refractivity (Wildman–Crippen MR) is 52.3 cm³/mol. The molecule has 1 aliphatic rings. The van der Waals surface area contributed by atoms with Crippen molar-refractivity contribution in [3.63, 3.8) is 0 Å². The molecule has 0 aliphatic carbocycles. The third kappa shape index (κ3) is 3.74. The highest BCUT2D eigenvalue weighted by atomic mass is 16.1. The summed E-state index contributed by atoms with van der Waals surface area (Å²) in [4.78, 5) is 12.9. The van der Waals surface area contributed by atoms with E-state index in [1.165, 1.54) is 13.0 Å². The van der Waals surface area contributed by atoms with Gasteiger partial charge < -0.3 is 16.0 Å². The van der Waals surface area contributed by atoms with E-state index in [0.717, 1.165) is 19.6 Å². The summed E-state index contributed by atoms with van der Waals surface area (Å²) in [6, 6.07) is 0. The Hall–Kier alpha value is -0.610. The van der Waals surface area contributed by atoms with Gasteiger partial charge in [0.1, 0.15) is 0 Å². The second-order valence-corrected chi connectivity index (χ2v) is 3.65. The van der Waals surface area contributed by atoms with Crippen LogP contribution in [0.5, 0.6) is 0 Å². The molecule has 13 heavy (non-hydrogen) atoms. The van der Waals surface area contributed by atoms with Crippen molar-refractivity contribution in [2.75, 3.05) is 32.7 Å². The van der Waals surface area contributed by atoms with Crippen LogP contribution in [-0.2, 0) is 4.79 Å². The Morgan fingerprint density at radius 1 is 1.69 bits per heavy atom. The summed E-state index contributed by atoms with van der Waals surface area (Å²) in [5, 5.41) is 3.07. The molecule has 0 saturated carbocycles. The Kier molecular flexibility index (Phi) is 4.18. The van der Waals surface area contributed by atoms with Crippen LogP contribution in [0.2, 0.25) is 0 Å². The van der Waals surface area contributed by atoms with Crippen LogP contribution in [0.25, 0.3) is 0 Å². The summed E-state index contributed by atoms with van der Waals surface area (Å²) in [5.74, 6) is 0.421. The van der Waals surface area contributed by atoms with Crippen molar-refractivity contribution in [3.8, 4) is 0 Å². The molecule has 1 atom stereocenters. The summed E-state index contributed by atoms with van der Waals surface area (Å²) < 4.78 is 0. The number of nitrogens with two attached hydrogens (primary N) is 1. The average Bonchev–Trinajstić information content (AvgIpc) is 2.52. The lowest BCUT2D eigenvalue weighted by molar-refractivity contribution is -0.117. The van der Waals surface area contributed by atoms with E-state index >= 15 is 0 Å². The third-order valence-electron chi connectivity index (χ3n) is 2.55. The number of likely N-dealkylation sites (tertiary alicyclic amines) is 1. The normalized spacial score (nSPS) is 23.6. The zero-order valence-corrected chi connectivity index (χ0v) is 8.25. The van der Waals surface area contributed by atoms with Gasteiger partial charge in [-0.3, -0.25) is 4.79 Å². The largest absolute Gasteiger partial charge is 0.369 e. The van der Waals surface area contributed by atoms with E-state index in [2.05, 4.69) is 17.1 Å². The number of hydrogen-bond donors (Lipinski definition) is 2. The lowest BCUT2D eigenvalue weighted by atomic mass is 10.1. The molecule has 1 rings (SSSR count). The first-order valence-corrected chi connectivity index (χ1v) is 4.93. The van der Waals surface area contributed by atoms with Gasteiger partial charge in [-0.05, 0) is 32.0 Å². The Morgan fingerprint density at radius 2 is 2.46 bits per heavy atom. The molecule has 1 amide bonds. The van der Waals surface area contributed by atoms with Crippen molar-refractivity contribution < 1.29 is 4.79 Å². The van der Waals surface area contributed by atoms with Gasteiger partial charge in [-0.15, -0.1) is 0 Å². The SMILES string of the molecule is CCN1CCC(CNCC(N)=O)C1. The molecular formula is C9H19N3O. The fourth-order valence-corrected chi connectivity index (χ4v) is 1.77. The first kappa shape index (κ1) is 10.5. The average molecular weight is 185 g/mol. The molecule has 1 fully saturated rings. The summed E-state index contributed by atoms with van der Waals surface area (Å²) in [5.41, 5.74) is 5.02. The minimum atomic E-state index is -0.273. The molecule has 0 aromatic carbocycles. The minimum Gasteiger partial charge on any atom is -0.369 e. The standard InChI is InChI=1S/C9H19N3O/c1-2-12-4-3-8(7-12)5-11-6-9(10)13/h8,11H,2-7H2,1H3,(H2,10,13). The van der Waals surface area contributed by atoms with E-state index in [9.17, 15) is 4.79 Å². The summed E-state index contributed by atoms with van der Waals surface area (Å²) in [6.45, 7) is 6.88. The predicted octanol–water partition coefficient (Wildman–Crippen LogP) is -0.597. The van der Waals surface area contributed by atoms with Gasteiger partial charge in [-0.1, -0.05) is 6.92 Å². The molecular weight excluding hydrogens is 166 g/mol. The van der Waals surface area contributed by atoms with Gasteiger partial charge in [0.25, 0.3) is 0 Å². The van der Waals surface area contributed by atoms with E-state index in [1.807, 2.05) is 0 Å². The molecule has 1 saturated heterocycles. The quantitative estimate of drug-likeness (QED) is 0.601. The Labute approximate surface area is 79.5 Å². The first-order chi connectivity index (χ1) is 6.22. The molecule has 1 aliphatic heterocycles. The number of rotatable bonds is 5. The van der Waals surface area contributed by atoms with E-state index in [0.29, 0.717) is 12.5 Å². The Balaban J connectivity index is 2.07. The van der Waals surface area contributed by atoms with Crippen LogP contribution >= 0.6 is 0 Å². The first-order valence-electron chi connectivity index (χ1n) is 4.93. The van der Waals surface area contributed by atoms with Crippen molar-refractivity contribution in [3.05, 3.63) is 0 Å². The van der Waals surface area contributed by atoms with Crippen LogP contribution in [0.1, 0.15) is 13.3 Å². The highest BCUT2D eigenvalue weighted by Gasteiger charge is 2.20. The van der Waals surface area contributed by atoms with Gasteiger partial charge in [0.05, 0.1) is 6.54 Å². The Bertz CT molecular complexity index is 172. The van der Waals surface area contributed by atoms with E-state index in [1.54, 1.807) is 0 Å². The smallest absolute Gasteiger partial charge is 0.231 e. The van der Waals surface area contributed by atoms with Crippen molar-refractivity contribution in [1.82, 2.24) is 10.2 Å². The van der Waals surface area contributed by atoms with Gasteiger partial charge in [-0.2, -0.15) is 0 Å². The number of hydrogen-bond acceptors (Lipinski definition) is 3. The highest BCUT2D eigenvalue weighted by molar-refractivity contribution is 5.75. The molecule has 3 N–H and O–H groups in total. The maximum Gasteiger partial charge on any atom is 0.231 e. The van der Waals surface area contributed by atoms with Crippen LogP contribution < -0.4 is 11.1 Å². The van der Waals surface area contributed by atoms with Crippen LogP contribution in [0.3, 0.4) is 0 Å². The summed E-state index contributed by atoms with van der Waals surface area (Å²) in [7, 11) is 0. The topological polar surface area (TPSA) is 58.4 Å². The summed E-state index contributed by atoms with van der Waals surface area (Å²) in [6.07, 6.45) is 1.24. The molecule has 4 nitrogen and oxygen atoms in total. The van der Waals surface area contributed by atoms with Crippen molar-refractivity contribution >= 4 is 5.91 Å².